The lowest BCUT2D eigenvalue weighted by atomic mass is 9.59. The van der Waals surface area contributed by atoms with Crippen molar-refractivity contribution < 1.29 is 14.3 Å². The van der Waals surface area contributed by atoms with Crippen molar-refractivity contribution in [2.75, 3.05) is 0 Å². The van der Waals surface area contributed by atoms with Crippen molar-refractivity contribution in [2.45, 2.75) is 25.0 Å². The zero-order chi connectivity index (χ0) is 11.6. The van der Waals surface area contributed by atoms with Gasteiger partial charge in [-0.25, -0.2) is 0 Å². The van der Waals surface area contributed by atoms with E-state index in [1.807, 2.05) is 12.2 Å². The summed E-state index contributed by atoms with van der Waals surface area (Å²) in [6.45, 7) is 0. The van der Waals surface area contributed by atoms with Crippen LogP contribution in [0.4, 0.5) is 0 Å². The molecule has 0 radical (unpaired) electrons. The third-order valence-corrected chi connectivity index (χ3v) is 4.75. The second-order valence-corrected chi connectivity index (χ2v) is 5.53. The van der Waals surface area contributed by atoms with Gasteiger partial charge in [0.15, 0.2) is 11.6 Å². The molecule has 2 fully saturated rings. The number of hydrogen-bond acceptors (Lipinski definition) is 3. The van der Waals surface area contributed by atoms with Gasteiger partial charge in [0.1, 0.15) is 0 Å². The number of ether oxygens (including phenoxy) is 1. The number of rotatable bonds is 0. The molecule has 0 aromatic carbocycles. The fourth-order valence-corrected chi connectivity index (χ4v) is 4.01. The molecule has 3 aliphatic carbocycles. The average Bonchev–Trinajstić information content (AvgIpc) is 3.10. The summed E-state index contributed by atoms with van der Waals surface area (Å²) in [4.78, 5) is 24.1. The number of carbonyl (C=O) groups is 2. The first-order chi connectivity index (χ1) is 8.27. The van der Waals surface area contributed by atoms with E-state index in [0.717, 1.165) is 12.8 Å². The van der Waals surface area contributed by atoms with Crippen molar-refractivity contribution in [1.82, 2.24) is 0 Å². The molecular weight excluding hydrogens is 216 g/mol. The summed E-state index contributed by atoms with van der Waals surface area (Å²) in [7, 11) is 0. The van der Waals surface area contributed by atoms with Gasteiger partial charge in [-0.3, -0.25) is 9.59 Å². The van der Waals surface area contributed by atoms with Crippen molar-refractivity contribution in [3.05, 3.63) is 24.3 Å². The lowest BCUT2D eigenvalue weighted by molar-refractivity contribution is -0.133. The molecule has 0 aromatic rings. The Kier molecular flexibility index (Phi) is 1.82. The normalized spacial score (nSPS) is 50.6. The molecule has 88 valence electrons. The number of hydrogen-bond donors (Lipinski definition) is 0. The standard InChI is InChI=1S/C14H14O3/c15-9-5-1-3-7-11(9)12-8(14-13(7)17-14)4-2-6-10(12)16/h1-2,5-8,11-14H,3-4H2/t7-,8-,11+,12+,13-,14+/m1/s1. The molecule has 0 spiro atoms. The van der Waals surface area contributed by atoms with E-state index < -0.39 is 0 Å². The minimum absolute atomic E-state index is 0.119. The molecule has 6 atom stereocenters. The van der Waals surface area contributed by atoms with E-state index in [9.17, 15) is 9.59 Å². The van der Waals surface area contributed by atoms with Crippen LogP contribution in [-0.4, -0.2) is 23.8 Å². The predicted molar refractivity (Wildman–Crippen MR) is 60.1 cm³/mol. The van der Waals surface area contributed by atoms with Gasteiger partial charge in [-0.05, 0) is 25.0 Å². The lowest BCUT2D eigenvalue weighted by Gasteiger charge is -2.40. The molecular formula is C14H14O3. The van der Waals surface area contributed by atoms with Crippen molar-refractivity contribution in [2.24, 2.45) is 23.7 Å². The van der Waals surface area contributed by atoms with E-state index in [-0.39, 0.29) is 47.4 Å². The number of allylic oxidation sites excluding steroid dienone is 4. The summed E-state index contributed by atoms with van der Waals surface area (Å²) in [5, 5.41) is 0. The first-order valence-electron chi connectivity index (χ1n) is 6.33. The van der Waals surface area contributed by atoms with E-state index in [1.54, 1.807) is 12.2 Å². The summed E-state index contributed by atoms with van der Waals surface area (Å²) < 4.78 is 5.74. The van der Waals surface area contributed by atoms with Gasteiger partial charge in [0.25, 0.3) is 0 Å². The summed E-state index contributed by atoms with van der Waals surface area (Å²) >= 11 is 0. The minimum Gasteiger partial charge on any atom is -0.369 e. The number of epoxide rings is 1. The van der Waals surface area contributed by atoms with Crippen LogP contribution in [0, 0.1) is 23.7 Å². The van der Waals surface area contributed by atoms with E-state index in [2.05, 4.69) is 0 Å². The Bertz CT molecular complexity index is 420. The third kappa shape index (κ3) is 1.20. The SMILES string of the molecule is O=C1C=CC[C@H]2[C@H]3O[C@H]3[C@@H]3CC=CC(=O)[C@H]3[C@H]12. The molecule has 1 heterocycles. The Morgan fingerprint density at radius 2 is 1.35 bits per heavy atom. The molecule has 1 saturated heterocycles. The zero-order valence-electron chi connectivity index (χ0n) is 9.41. The van der Waals surface area contributed by atoms with Gasteiger partial charge in [0.05, 0.1) is 12.2 Å². The number of carbonyl (C=O) groups excluding carboxylic acids is 2. The minimum atomic E-state index is -0.119. The Balaban J connectivity index is 1.79. The molecule has 0 N–H and O–H groups in total. The van der Waals surface area contributed by atoms with E-state index in [0.29, 0.717) is 0 Å². The van der Waals surface area contributed by atoms with Gasteiger partial charge >= 0.3 is 0 Å². The van der Waals surface area contributed by atoms with Gasteiger partial charge in [-0.1, -0.05) is 12.2 Å². The molecule has 3 heteroatoms. The highest BCUT2D eigenvalue weighted by Gasteiger charge is 2.63. The molecule has 4 rings (SSSR count). The van der Waals surface area contributed by atoms with Crippen LogP contribution in [0.15, 0.2) is 24.3 Å². The monoisotopic (exact) mass is 230 g/mol. The molecule has 3 nitrogen and oxygen atoms in total. The first-order valence-corrected chi connectivity index (χ1v) is 6.33. The molecule has 0 amide bonds. The summed E-state index contributed by atoms with van der Waals surface area (Å²) in [5.74, 6) is 0.517. The Morgan fingerprint density at radius 3 is 1.82 bits per heavy atom. The molecule has 1 aliphatic heterocycles. The predicted octanol–water partition coefficient (Wildman–Crippen LogP) is 1.29. The number of ketones is 2. The Hall–Kier alpha value is -1.22. The largest absolute Gasteiger partial charge is 0.369 e. The van der Waals surface area contributed by atoms with Crippen LogP contribution in [0.2, 0.25) is 0 Å². The maximum absolute atomic E-state index is 12.1. The van der Waals surface area contributed by atoms with Crippen LogP contribution in [-0.2, 0) is 14.3 Å². The highest BCUT2D eigenvalue weighted by atomic mass is 16.6. The topological polar surface area (TPSA) is 46.7 Å². The van der Waals surface area contributed by atoms with Crippen LogP contribution in [0.3, 0.4) is 0 Å². The number of fused-ring (bicyclic) bond motifs is 6. The Morgan fingerprint density at radius 1 is 0.882 bits per heavy atom. The molecule has 0 unspecified atom stereocenters. The van der Waals surface area contributed by atoms with Gasteiger partial charge in [0, 0.05) is 23.7 Å². The van der Waals surface area contributed by atoms with Crippen molar-refractivity contribution in [3.8, 4) is 0 Å². The summed E-state index contributed by atoms with van der Waals surface area (Å²) in [6.07, 6.45) is 9.43. The highest BCUT2D eigenvalue weighted by Crippen LogP contribution is 2.55. The van der Waals surface area contributed by atoms with E-state index in [1.165, 1.54) is 0 Å². The van der Waals surface area contributed by atoms with Gasteiger partial charge < -0.3 is 4.74 Å². The second-order valence-electron chi connectivity index (χ2n) is 5.53. The summed E-state index contributed by atoms with van der Waals surface area (Å²) in [6, 6.07) is 0. The van der Waals surface area contributed by atoms with Gasteiger partial charge in [-0.15, -0.1) is 0 Å². The summed E-state index contributed by atoms with van der Waals surface area (Å²) in [5.41, 5.74) is 0. The van der Waals surface area contributed by atoms with Crippen LogP contribution >= 0.6 is 0 Å². The lowest BCUT2D eigenvalue weighted by Crippen LogP contribution is -2.48. The molecule has 4 aliphatic rings. The maximum atomic E-state index is 12.1. The smallest absolute Gasteiger partial charge is 0.159 e. The van der Waals surface area contributed by atoms with Crippen molar-refractivity contribution in [3.63, 3.8) is 0 Å². The molecule has 0 aromatic heterocycles. The van der Waals surface area contributed by atoms with Gasteiger partial charge in [-0.2, -0.15) is 0 Å². The fourth-order valence-electron chi connectivity index (χ4n) is 4.01. The second kappa shape index (κ2) is 3.16. The van der Waals surface area contributed by atoms with Crippen LogP contribution in [0.25, 0.3) is 0 Å². The van der Waals surface area contributed by atoms with Crippen LogP contribution < -0.4 is 0 Å². The molecule has 17 heavy (non-hydrogen) atoms. The van der Waals surface area contributed by atoms with Crippen molar-refractivity contribution in [1.29, 1.82) is 0 Å². The third-order valence-electron chi connectivity index (χ3n) is 4.75. The zero-order valence-corrected chi connectivity index (χ0v) is 9.41. The fraction of sp³-hybridized carbons (Fsp3) is 0.571. The maximum Gasteiger partial charge on any atom is 0.159 e. The van der Waals surface area contributed by atoms with Gasteiger partial charge in [0.2, 0.25) is 0 Å². The average molecular weight is 230 g/mol. The first kappa shape index (κ1) is 9.77. The van der Waals surface area contributed by atoms with Crippen molar-refractivity contribution >= 4 is 11.6 Å². The quantitative estimate of drug-likeness (QED) is 0.589. The van der Waals surface area contributed by atoms with Crippen LogP contribution in [0.5, 0.6) is 0 Å². The Labute approximate surface area is 99.5 Å². The molecule has 0 bridgehead atoms. The highest BCUT2D eigenvalue weighted by molar-refractivity contribution is 6.01. The van der Waals surface area contributed by atoms with E-state index >= 15 is 0 Å². The van der Waals surface area contributed by atoms with Crippen LogP contribution in [0.1, 0.15) is 12.8 Å². The van der Waals surface area contributed by atoms with E-state index in [4.69, 9.17) is 4.74 Å². The molecule has 1 saturated carbocycles.